The first kappa shape index (κ1) is 14.3. The Morgan fingerprint density at radius 3 is 2.90 bits per heavy atom. The number of morpholine rings is 1. The Balaban J connectivity index is 1.56. The van der Waals surface area contributed by atoms with Crippen LogP contribution in [0.15, 0.2) is 42.5 Å². The molecule has 4 nitrogen and oxygen atoms in total. The van der Waals surface area contributed by atoms with Gasteiger partial charge in [0.15, 0.2) is 0 Å². The number of hydrogen-bond acceptors (Lipinski definition) is 4. The molecule has 3 rings (SSSR count). The fourth-order valence-corrected chi connectivity index (χ4v) is 2.69. The second-order valence-electron chi connectivity index (χ2n) is 5.30. The van der Waals surface area contributed by atoms with Crippen LogP contribution in [-0.2, 0) is 4.74 Å². The van der Waals surface area contributed by atoms with Gasteiger partial charge in [0.1, 0.15) is 12.4 Å². The molecule has 0 amide bonds. The largest absolute Gasteiger partial charge is 0.492 e. The van der Waals surface area contributed by atoms with E-state index in [1.54, 1.807) is 0 Å². The van der Waals surface area contributed by atoms with Crippen LogP contribution >= 0.6 is 0 Å². The average Bonchev–Trinajstić information content (AvgIpc) is 2.55. The number of benzene rings is 2. The molecule has 1 N–H and O–H groups in total. The molecular weight excluding hydrogens is 266 g/mol. The van der Waals surface area contributed by atoms with Crippen LogP contribution < -0.4 is 4.74 Å². The monoisotopic (exact) mass is 287 g/mol. The maximum atomic E-state index is 9.33. The third-order valence-corrected chi connectivity index (χ3v) is 3.93. The molecular formula is C17H21NO3. The Hall–Kier alpha value is -1.62. The van der Waals surface area contributed by atoms with Crippen molar-refractivity contribution in [3.05, 3.63) is 42.5 Å². The molecule has 0 radical (unpaired) electrons. The second kappa shape index (κ2) is 6.89. The minimum absolute atomic E-state index is 0.0963. The Labute approximate surface area is 124 Å². The fourth-order valence-electron chi connectivity index (χ4n) is 2.69. The lowest BCUT2D eigenvalue weighted by atomic mass is 10.1. The molecule has 1 aliphatic heterocycles. The average molecular weight is 287 g/mol. The van der Waals surface area contributed by atoms with Gasteiger partial charge in [0.05, 0.1) is 25.9 Å². The maximum absolute atomic E-state index is 9.33. The topological polar surface area (TPSA) is 41.9 Å². The van der Waals surface area contributed by atoms with Gasteiger partial charge in [-0.25, -0.2) is 0 Å². The van der Waals surface area contributed by atoms with Crippen molar-refractivity contribution in [3.63, 3.8) is 0 Å². The normalized spacial score (nSPS) is 19.8. The van der Waals surface area contributed by atoms with E-state index in [9.17, 15) is 5.11 Å². The van der Waals surface area contributed by atoms with Crippen LogP contribution in [0, 0.1) is 0 Å². The standard InChI is InChI=1S/C17H21NO3/c19-12-16-13-20-9-7-18(16)8-10-21-17-6-5-14-3-1-2-4-15(14)11-17/h1-6,11,16,19H,7-10,12-13H2. The Kier molecular flexibility index (Phi) is 4.70. The molecule has 1 aliphatic rings. The van der Waals surface area contributed by atoms with E-state index < -0.39 is 0 Å². The summed E-state index contributed by atoms with van der Waals surface area (Å²) in [6.45, 7) is 3.75. The Bertz CT molecular complexity index is 587. The van der Waals surface area contributed by atoms with Gasteiger partial charge in [-0.2, -0.15) is 0 Å². The SMILES string of the molecule is OCC1COCCN1CCOc1ccc2ccccc2c1. The maximum Gasteiger partial charge on any atom is 0.120 e. The van der Waals surface area contributed by atoms with E-state index in [0.717, 1.165) is 25.4 Å². The molecule has 2 aromatic rings. The molecule has 4 heteroatoms. The zero-order valence-corrected chi connectivity index (χ0v) is 12.1. The molecule has 21 heavy (non-hydrogen) atoms. The van der Waals surface area contributed by atoms with Crippen molar-refractivity contribution in [3.8, 4) is 5.75 Å². The first-order valence-corrected chi connectivity index (χ1v) is 7.41. The number of nitrogens with zero attached hydrogens (tertiary/aromatic N) is 1. The Morgan fingerprint density at radius 2 is 2.05 bits per heavy atom. The minimum atomic E-state index is 0.0963. The number of fused-ring (bicyclic) bond motifs is 1. The highest BCUT2D eigenvalue weighted by Gasteiger charge is 2.21. The smallest absolute Gasteiger partial charge is 0.120 e. The van der Waals surface area contributed by atoms with Crippen molar-refractivity contribution in [2.24, 2.45) is 0 Å². The summed E-state index contributed by atoms with van der Waals surface area (Å²) in [7, 11) is 0. The Morgan fingerprint density at radius 1 is 1.19 bits per heavy atom. The highest BCUT2D eigenvalue weighted by atomic mass is 16.5. The predicted octanol–water partition coefficient (Wildman–Crippen LogP) is 1.91. The number of ether oxygens (including phenoxy) is 2. The molecule has 112 valence electrons. The quantitative estimate of drug-likeness (QED) is 0.912. The van der Waals surface area contributed by atoms with E-state index in [4.69, 9.17) is 9.47 Å². The molecule has 0 saturated carbocycles. The molecule has 2 aromatic carbocycles. The summed E-state index contributed by atoms with van der Waals surface area (Å²) < 4.78 is 11.2. The highest BCUT2D eigenvalue weighted by Crippen LogP contribution is 2.20. The van der Waals surface area contributed by atoms with E-state index in [0.29, 0.717) is 13.2 Å². The lowest BCUT2D eigenvalue weighted by molar-refractivity contribution is -0.0312. The third-order valence-electron chi connectivity index (χ3n) is 3.93. The summed E-state index contributed by atoms with van der Waals surface area (Å²) in [5.41, 5.74) is 0. The van der Waals surface area contributed by atoms with Gasteiger partial charge in [0.2, 0.25) is 0 Å². The van der Waals surface area contributed by atoms with Crippen molar-refractivity contribution < 1.29 is 14.6 Å². The van der Waals surface area contributed by atoms with Gasteiger partial charge in [-0.3, -0.25) is 4.90 Å². The lowest BCUT2D eigenvalue weighted by Crippen LogP contribution is -2.48. The predicted molar refractivity (Wildman–Crippen MR) is 82.7 cm³/mol. The highest BCUT2D eigenvalue weighted by molar-refractivity contribution is 5.83. The number of rotatable bonds is 5. The van der Waals surface area contributed by atoms with Crippen LogP contribution in [-0.4, -0.2) is 55.6 Å². The first-order chi connectivity index (χ1) is 10.4. The molecule has 1 saturated heterocycles. The number of aliphatic hydroxyl groups is 1. The molecule has 1 unspecified atom stereocenters. The van der Waals surface area contributed by atoms with E-state index in [1.807, 2.05) is 18.2 Å². The molecule has 0 spiro atoms. The molecule has 0 aromatic heterocycles. The molecule has 1 fully saturated rings. The fraction of sp³-hybridized carbons (Fsp3) is 0.412. The summed E-state index contributed by atoms with van der Waals surface area (Å²) in [6, 6.07) is 14.5. The molecule has 1 heterocycles. The molecule has 0 aliphatic carbocycles. The zero-order valence-electron chi connectivity index (χ0n) is 12.1. The van der Waals surface area contributed by atoms with Gasteiger partial charge in [0.25, 0.3) is 0 Å². The summed E-state index contributed by atoms with van der Waals surface area (Å²) in [4.78, 5) is 2.23. The van der Waals surface area contributed by atoms with Crippen LogP contribution in [0.2, 0.25) is 0 Å². The van der Waals surface area contributed by atoms with E-state index >= 15 is 0 Å². The van der Waals surface area contributed by atoms with Crippen LogP contribution in [0.5, 0.6) is 5.75 Å². The van der Waals surface area contributed by atoms with Gasteiger partial charge < -0.3 is 14.6 Å². The van der Waals surface area contributed by atoms with Crippen LogP contribution in [0.3, 0.4) is 0 Å². The number of hydrogen-bond donors (Lipinski definition) is 1. The summed E-state index contributed by atoms with van der Waals surface area (Å²) in [6.07, 6.45) is 0. The van der Waals surface area contributed by atoms with Crippen molar-refractivity contribution in [1.29, 1.82) is 0 Å². The van der Waals surface area contributed by atoms with E-state index in [-0.39, 0.29) is 12.6 Å². The van der Waals surface area contributed by atoms with Gasteiger partial charge in [0, 0.05) is 13.1 Å². The van der Waals surface area contributed by atoms with Crippen molar-refractivity contribution >= 4 is 10.8 Å². The van der Waals surface area contributed by atoms with Crippen LogP contribution in [0.25, 0.3) is 10.8 Å². The van der Waals surface area contributed by atoms with E-state index in [1.165, 1.54) is 10.8 Å². The van der Waals surface area contributed by atoms with Crippen LogP contribution in [0.4, 0.5) is 0 Å². The first-order valence-electron chi connectivity index (χ1n) is 7.41. The van der Waals surface area contributed by atoms with Gasteiger partial charge >= 0.3 is 0 Å². The molecule has 0 bridgehead atoms. The van der Waals surface area contributed by atoms with Crippen molar-refractivity contribution in [2.45, 2.75) is 6.04 Å². The zero-order chi connectivity index (χ0) is 14.5. The second-order valence-corrected chi connectivity index (χ2v) is 5.30. The minimum Gasteiger partial charge on any atom is -0.492 e. The molecule has 1 atom stereocenters. The van der Waals surface area contributed by atoms with Gasteiger partial charge in [-0.1, -0.05) is 30.3 Å². The van der Waals surface area contributed by atoms with Crippen molar-refractivity contribution in [1.82, 2.24) is 4.90 Å². The third kappa shape index (κ3) is 3.53. The number of aliphatic hydroxyl groups excluding tert-OH is 1. The van der Waals surface area contributed by atoms with E-state index in [2.05, 4.69) is 29.2 Å². The van der Waals surface area contributed by atoms with Crippen LogP contribution in [0.1, 0.15) is 0 Å². The summed E-state index contributed by atoms with van der Waals surface area (Å²) in [5.74, 6) is 0.891. The van der Waals surface area contributed by atoms with Crippen molar-refractivity contribution in [2.75, 3.05) is 39.5 Å². The lowest BCUT2D eigenvalue weighted by Gasteiger charge is -2.34. The van der Waals surface area contributed by atoms with Gasteiger partial charge in [-0.15, -0.1) is 0 Å². The summed E-state index contributed by atoms with van der Waals surface area (Å²) >= 11 is 0. The van der Waals surface area contributed by atoms with Gasteiger partial charge in [-0.05, 0) is 22.9 Å². The summed E-state index contributed by atoms with van der Waals surface area (Å²) in [5, 5.41) is 11.7.